The van der Waals surface area contributed by atoms with E-state index in [0.29, 0.717) is 22.7 Å². The second-order valence-corrected chi connectivity index (χ2v) is 6.96. The summed E-state index contributed by atoms with van der Waals surface area (Å²) in [5.41, 5.74) is 1.47. The minimum Gasteiger partial charge on any atom is -0.300 e. The molecule has 0 saturated heterocycles. The number of anilines is 1. The Morgan fingerprint density at radius 1 is 1.08 bits per heavy atom. The molecule has 3 aromatic rings. The number of hydrogen-bond donors (Lipinski definition) is 1. The minimum absolute atomic E-state index is 0.322. The fraction of sp³-hybridized carbons (Fsp3) is 0.158. The van der Waals surface area contributed by atoms with Crippen LogP contribution in [0.2, 0.25) is 0 Å². The summed E-state index contributed by atoms with van der Waals surface area (Å²) in [5.74, 6) is -1.28. The van der Waals surface area contributed by atoms with Crippen LogP contribution in [0, 0.1) is 0 Å². The van der Waals surface area contributed by atoms with E-state index in [9.17, 15) is 14.4 Å². The van der Waals surface area contributed by atoms with Gasteiger partial charge in [0, 0.05) is 0 Å². The van der Waals surface area contributed by atoms with Crippen molar-refractivity contribution in [2.45, 2.75) is 19.4 Å². The van der Waals surface area contributed by atoms with E-state index in [1.165, 1.54) is 11.3 Å². The van der Waals surface area contributed by atoms with Gasteiger partial charge in [-0.15, -0.1) is 0 Å². The molecule has 1 aliphatic heterocycles. The summed E-state index contributed by atoms with van der Waals surface area (Å²) in [6, 6.07) is 13.3. The van der Waals surface area contributed by atoms with Gasteiger partial charge in [0.1, 0.15) is 6.04 Å². The van der Waals surface area contributed by atoms with Crippen molar-refractivity contribution in [1.29, 1.82) is 0 Å². The number of rotatable bonds is 4. The average molecular weight is 365 g/mol. The third-order valence-corrected chi connectivity index (χ3v) is 5.30. The maximum Gasteiger partial charge on any atom is 0.262 e. The molecular weight excluding hydrogens is 350 g/mol. The molecular formula is C19H15N3O3S. The Bertz CT molecular complexity index is 975. The zero-order chi connectivity index (χ0) is 18.3. The highest BCUT2D eigenvalue weighted by atomic mass is 32.1. The first-order valence-electron chi connectivity index (χ1n) is 8.23. The molecule has 7 heteroatoms. The third-order valence-electron chi connectivity index (χ3n) is 4.35. The zero-order valence-corrected chi connectivity index (χ0v) is 14.7. The van der Waals surface area contributed by atoms with Crippen LogP contribution in [0.1, 0.15) is 34.1 Å². The molecule has 26 heavy (non-hydrogen) atoms. The molecule has 0 saturated carbocycles. The highest BCUT2D eigenvalue weighted by Gasteiger charge is 2.41. The van der Waals surface area contributed by atoms with E-state index in [0.717, 1.165) is 15.1 Å². The quantitative estimate of drug-likeness (QED) is 0.720. The lowest BCUT2D eigenvalue weighted by atomic mass is 10.1. The number of nitrogens with zero attached hydrogens (tertiary/aromatic N) is 2. The number of amides is 3. The first-order valence-corrected chi connectivity index (χ1v) is 9.05. The summed E-state index contributed by atoms with van der Waals surface area (Å²) in [4.78, 5) is 43.4. The number of carbonyl (C=O) groups excluding carboxylic acids is 3. The van der Waals surface area contributed by atoms with E-state index in [-0.39, 0.29) is 0 Å². The van der Waals surface area contributed by atoms with E-state index in [1.807, 2.05) is 24.3 Å². The molecule has 0 spiro atoms. The molecule has 1 N–H and O–H groups in total. The maximum atomic E-state index is 12.8. The number of aromatic nitrogens is 1. The Kier molecular flexibility index (Phi) is 4.00. The molecule has 3 amide bonds. The molecule has 0 fully saturated rings. The lowest BCUT2D eigenvalue weighted by Crippen LogP contribution is -2.46. The third kappa shape index (κ3) is 2.57. The van der Waals surface area contributed by atoms with Crippen LogP contribution in [0.4, 0.5) is 5.13 Å². The highest BCUT2D eigenvalue weighted by Crippen LogP contribution is 2.28. The molecule has 130 valence electrons. The van der Waals surface area contributed by atoms with E-state index in [1.54, 1.807) is 31.2 Å². The minimum atomic E-state index is -0.880. The van der Waals surface area contributed by atoms with E-state index in [4.69, 9.17) is 0 Å². The summed E-state index contributed by atoms with van der Waals surface area (Å²) >= 11 is 1.35. The number of thiazole rings is 1. The van der Waals surface area contributed by atoms with Crippen molar-refractivity contribution in [2.75, 3.05) is 5.32 Å². The molecule has 2 heterocycles. The largest absolute Gasteiger partial charge is 0.300 e. The smallest absolute Gasteiger partial charge is 0.262 e. The number of hydrogen-bond acceptors (Lipinski definition) is 5. The molecule has 0 bridgehead atoms. The van der Waals surface area contributed by atoms with Crippen LogP contribution in [0.15, 0.2) is 48.5 Å². The van der Waals surface area contributed by atoms with Crippen LogP contribution in [0.25, 0.3) is 10.2 Å². The molecule has 1 aliphatic rings. The fourth-order valence-corrected chi connectivity index (χ4v) is 3.96. The van der Waals surface area contributed by atoms with Crippen LogP contribution in [0.5, 0.6) is 0 Å². The first kappa shape index (κ1) is 16.4. The lowest BCUT2D eigenvalue weighted by Gasteiger charge is -2.23. The number of carbonyl (C=O) groups is 3. The molecule has 0 aliphatic carbocycles. The summed E-state index contributed by atoms with van der Waals surface area (Å²) in [6.07, 6.45) is 0.322. The average Bonchev–Trinajstić information content (AvgIpc) is 3.16. The fourth-order valence-electron chi connectivity index (χ4n) is 3.09. The van der Waals surface area contributed by atoms with Crippen LogP contribution in [0.3, 0.4) is 0 Å². The van der Waals surface area contributed by atoms with Crippen LogP contribution in [-0.2, 0) is 4.79 Å². The van der Waals surface area contributed by atoms with Gasteiger partial charge in [0.2, 0.25) is 5.91 Å². The van der Waals surface area contributed by atoms with Gasteiger partial charge in [0.25, 0.3) is 11.8 Å². The van der Waals surface area contributed by atoms with Gasteiger partial charge in [0.05, 0.1) is 21.3 Å². The Morgan fingerprint density at radius 2 is 1.69 bits per heavy atom. The van der Waals surface area contributed by atoms with Crippen molar-refractivity contribution in [2.24, 2.45) is 0 Å². The molecule has 0 unspecified atom stereocenters. The Hall–Kier alpha value is -3.06. The predicted octanol–water partition coefficient (Wildman–Crippen LogP) is 3.31. The predicted molar refractivity (Wildman–Crippen MR) is 99.3 cm³/mol. The first-order chi connectivity index (χ1) is 12.6. The molecule has 1 atom stereocenters. The second kappa shape index (κ2) is 6.34. The summed E-state index contributed by atoms with van der Waals surface area (Å²) in [7, 11) is 0. The lowest BCUT2D eigenvalue weighted by molar-refractivity contribution is -0.120. The Labute approximate surface area is 153 Å². The summed E-state index contributed by atoms with van der Waals surface area (Å²) in [5, 5.41) is 3.20. The highest BCUT2D eigenvalue weighted by molar-refractivity contribution is 7.22. The summed E-state index contributed by atoms with van der Waals surface area (Å²) < 4.78 is 0.955. The van der Waals surface area contributed by atoms with Gasteiger partial charge in [-0.05, 0) is 30.7 Å². The number of fused-ring (bicyclic) bond motifs is 2. The number of imide groups is 1. The maximum absolute atomic E-state index is 12.8. The van der Waals surface area contributed by atoms with E-state index >= 15 is 0 Å². The molecule has 1 aromatic heterocycles. The van der Waals surface area contributed by atoms with Gasteiger partial charge in [-0.25, -0.2) is 4.98 Å². The number of nitrogens with one attached hydrogen (secondary N) is 1. The van der Waals surface area contributed by atoms with E-state index < -0.39 is 23.8 Å². The van der Waals surface area contributed by atoms with Crippen molar-refractivity contribution >= 4 is 44.4 Å². The monoisotopic (exact) mass is 365 g/mol. The molecule has 6 nitrogen and oxygen atoms in total. The van der Waals surface area contributed by atoms with Crippen LogP contribution < -0.4 is 5.32 Å². The molecule has 4 rings (SSSR count). The van der Waals surface area contributed by atoms with Gasteiger partial charge in [-0.2, -0.15) is 0 Å². The van der Waals surface area contributed by atoms with Crippen LogP contribution >= 0.6 is 11.3 Å². The van der Waals surface area contributed by atoms with Crippen molar-refractivity contribution in [3.05, 3.63) is 59.7 Å². The summed E-state index contributed by atoms with van der Waals surface area (Å²) in [6.45, 7) is 1.77. The molecule has 2 aromatic carbocycles. The van der Waals surface area contributed by atoms with Gasteiger partial charge < -0.3 is 5.32 Å². The van der Waals surface area contributed by atoms with Crippen molar-refractivity contribution in [3.8, 4) is 0 Å². The number of para-hydroxylation sites is 1. The SMILES string of the molecule is CC[C@@H](C(=O)Nc1nc2ccccc2s1)N1C(=O)c2ccccc2C1=O. The van der Waals surface area contributed by atoms with Gasteiger partial charge >= 0.3 is 0 Å². The Balaban J connectivity index is 1.60. The second-order valence-electron chi connectivity index (χ2n) is 5.93. The van der Waals surface area contributed by atoms with Crippen molar-refractivity contribution in [3.63, 3.8) is 0 Å². The van der Waals surface area contributed by atoms with Gasteiger partial charge in [0.15, 0.2) is 5.13 Å². The van der Waals surface area contributed by atoms with Crippen LogP contribution in [-0.4, -0.2) is 33.6 Å². The van der Waals surface area contributed by atoms with Crippen molar-refractivity contribution in [1.82, 2.24) is 9.88 Å². The van der Waals surface area contributed by atoms with Gasteiger partial charge in [-0.1, -0.05) is 42.5 Å². The van der Waals surface area contributed by atoms with E-state index in [2.05, 4.69) is 10.3 Å². The van der Waals surface area contributed by atoms with Gasteiger partial charge in [-0.3, -0.25) is 19.3 Å². The van der Waals surface area contributed by atoms with Crippen molar-refractivity contribution < 1.29 is 14.4 Å². The normalized spacial score (nSPS) is 14.6. The number of benzene rings is 2. The Morgan fingerprint density at radius 3 is 2.31 bits per heavy atom. The standard InChI is InChI=1S/C19H15N3O3S/c1-2-14(22-17(24)11-7-3-4-8-12(11)18(22)25)16(23)21-19-20-13-9-5-6-10-15(13)26-19/h3-10,14H,2H2,1H3,(H,20,21,23)/t14-/m0/s1. The molecule has 0 radical (unpaired) electrons. The zero-order valence-electron chi connectivity index (χ0n) is 13.9. The topological polar surface area (TPSA) is 79.4 Å².